The molecule has 0 aliphatic carbocycles. The Labute approximate surface area is 188 Å². The molecule has 162 valence electrons. The molecule has 8 heteroatoms. The number of hydrogen-bond acceptors (Lipinski definition) is 5. The molecule has 2 heterocycles. The van der Waals surface area contributed by atoms with Crippen LogP contribution in [-0.2, 0) is 16.1 Å². The van der Waals surface area contributed by atoms with Crippen molar-refractivity contribution in [1.82, 2.24) is 14.7 Å². The minimum Gasteiger partial charge on any atom is -0.458 e. The predicted molar refractivity (Wildman–Crippen MR) is 121 cm³/mol. The first kappa shape index (κ1) is 22.7. The van der Waals surface area contributed by atoms with E-state index >= 15 is 0 Å². The van der Waals surface area contributed by atoms with E-state index < -0.39 is 12.0 Å². The van der Waals surface area contributed by atoms with Crippen LogP contribution >= 0.6 is 15.9 Å². The Morgan fingerprint density at radius 1 is 1.19 bits per heavy atom. The SMILES string of the molecule is Cc1ccccc1C(=O)N[C@@H](CC(C)C)C(=O)OCc1cc(=O)n2cc(Br)ccc2n1. The van der Waals surface area contributed by atoms with E-state index in [1.165, 1.54) is 10.5 Å². The van der Waals surface area contributed by atoms with Crippen LogP contribution in [0, 0.1) is 12.8 Å². The van der Waals surface area contributed by atoms with Crippen molar-refractivity contribution >= 4 is 33.5 Å². The number of amides is 1. The number of aromatic nitrogens is 2. The van der Waals surface area contributed by atoms with E-state index in [9.17, 15) is 14.4 Å². The molecule has 0 fully saturated rings. The summed E-state index contributed by atoms with van der Waals surface area (Å²) in [5.74, 6) is -0.724. The van der Waals surface area contributed by atoms with E-state index in [4.69, 9.17) is 4.74 Å². The number of halogens is 1. The van der Waals surface area contributed by atoms with E-state index in [1.807, 2.05) is 32.9 Å². The molecule has 0 saturated heterocycles. The van der Waals surface area contributed by atoms with Gasteiger partial charge in [-0.15, -0.1) is 0 Å². The smallest absolute Gasteiger partial charge is 0.329 e. The fourth-order valence-electron chi connectivity index (χ4n) is 3.19. The highest BCUT2D eigenvalue weighted by molar-refractivity contribution is 9.10. The minimum atomic E-state index is -0.801. The zero-order valence-corrected chi connectivity index (χ0v) is 19.2. The van der Waals surface area contributed by atoms with E-state index in [-0.39, 0.29) is 24.0 Å². The molecule has 3 rings (SSSR count). The van der Waals surface area contributed by atoms with Gasteiger partial charge in [-0.25, -0.2) is 9.78 Å². The highest BCUT2D eigenvalue weighted by Gasteiger charge is 2.24. The number of nitrogens with one attached hydrogen (secondary N) is 1. The molecule has 1 aromatic carbocycles. The Morgan fingerprint density at radius 2 is 1.94 bits per heavy atom. The number of hydrogen-bond donors (Lipinski definition) is 1. The number of carbonyl (C=O) groups is 2. The van der Waals surface area contributed by atoms with Gasteiger partial charge in [0.2, 0.25) is 0 Å². The number of carbonyl (C=O) groups excluding carboxylic acids is 2. The molecule has 3 aromatic rings. The summed E-state index contributed by atoms with van der Waals surface area (Å²) >= 11 is 3.32. The van der Waals surface area contributed by atoms with Crippen LogP contribution in [0.5, 0.6) is 0 Å². The van der Waals surface area contributed by atoms with E-state index in [0.29, 0.717) is 23.3 Å². The first-order chi connectivity index (χ1) is 14.7. The summed E-state index contributed by atoms with van der Waals surface area (Å²) in [5, 5.41) is 2.78. The van der Waals surface area contributed by atoms with Gasteiger partial charge in [0.15, 0.2) is 0 Å². The first-order valence-corrected chi connectivity index (χ1v) is 10.7. The molecule has 2 aromatic heterocycles. The van der Waals surface area contributed by atoms with Gasteiger partial charge in [0.1, 0.15) is 18.3 Å². The third kappa shape index (κ3) is 5.79. The number of esters is 1. The fourth-order valence-corrected chi connectivity index (χ4v) is 3.53. The van der Waals surface area contributed by atoms with Crippen LogP contribution in [0.3, 0.4) is 0 Å². The van der Waals surface area contributed by atoms with Crippen LogP contribution in [0.15, 0.2) is 57.9 Å². The second kappa shape index (κ2) is 9.87. The average molecular weight is 486 g/mol. The topological polar surface area (TPSA) is 89.8 Å². The van der Waals surface area contributed by atoms with Crippen molar-refractivity contribution in [2.24, 2.45) is 5.92 Å². The molecule has 0 radical (unpaired) electrons. The van der Waals surface area contributed by atoms with Crippen LogP contribution in [0.25, 0.3) is 5.65 Å². The number of aryl methyl sites for hydroxylation is 1. The molecule has 0 aliphatic rings. The number of nitrogens with zero attached hydrogens (tertiary/aromatic N) is 2. The van der Waals surface area contributed by atoms with E-state index in [0.717, 1.165) is 10.0 Å². The van der Waals surface area contributed by atoms with Gasteiger partial charge in [-0.3, -0.25) is 14.0 Å². The molecule has 0 unspecified atom stereocenters. The summed E-state index contributed by atoms with van der Waals surface area (Å²) in [6, 6.07) is 11.2. The lowest BCUT2D eigenvalue weighted by molar-refractivity contribution is -0.147. The zero-order valence-electron chi connectivity index (χ0n) is 17.6. The van der Waals surface area contributed by atoms with E-state index in [2.05, 4.69) is 26.2 Å². The summed E-state index contributed by atoms with van der Waals surface area (Å²) in [6.45, 7) is 5.61. The lowest BCUT2D eigenvalue weighted by Gasteiger charge is -2.20. The van der Waals surface area contributed by atoms with Crippen LogP contribution in [0.4, 0.5) is 0 Å². The average Bonchev–Trinajstić information content (AvgIpc) is 2.72. The first-order valence-electron chi connectivity index (χ1n) is 9.95. The van der Waals surface area contributed by atoms with Gasteiger partial charge in [0, 0.05) is 22.3 Å². The van der Waals surface area contributed by atoms with E-state index in [1.54, 1.807) is 30.5 Å². The highest BCUT2D eigenvalue weighted by atomic mass is 79.9. The maximum atomic E-state index is 12.7. The molecule has 7 nitrogen and oxygen atoms in total. The van der Waals surface area contributed by atoms with Crippen molar-refractivity contribution in [2.45, 2.75) is 39.8 Å². The second-order valence-corrected chi connectivity index (χ2v) is 8.66. The monoisotopic (exact) mass is 485 g/mol. The lowest BCUT2D eigenvalue weighted by atomic mass is 10.0. The third-order valence-corrected chi connectivity index (χ3v) is 5.19. The summed E-state index contributed by atoms with van der Waals surface area (Å²) < 4.78 is 7.57. The van der Waals surface area contributed by atoms with Gasteiger partial charge in [-0.05, 0) is 59.0 Å². The number of pyridine rings is 1. The van der Waals surface area contributed by atoms with Gasteiger partial charge in [-0.2, -0.15) is 0 Å². The van der Waals surface area contributed by atoms with Gasteiger partial charge in [-0.1, -0.05) is 32.0 Å². The zero-order chi connectivity index (χ0) is 22.5. The lowest BCUT2D eigenvalue weighted by Crippen LogP contribution is -2.43. The summed E-state index contributed by atoms with van der Waals surface area (Å²) in [5.41, 5.74) is 1.86. The third-order valence-electron chi connectivity index (χ3n) is 4.73. The Bertz CT molecular complexity index is 1170. The van der Waals surface area contributed by atoms with Crippen LogP contribution in [0.2, 0.25) is 0 Å². The minimum absolute atomic E-state index is 0.157. The Hall–Kier alpha value is -3.00. The Morgan fingerprint density at radius 3 is 2.65 bits per heavy atom. The standard InChI is InChI=1S/C23H24BrN3O4/c1-14(2)10-19(26-22(29)18-7-5-4-6-15(18)3)23(30)31-13-17-11-21(28)27-12-16(24)8-9-20(27)25-17/h4-9,11-12,14,19H,10,13H2,1-3H3,(H,26,29)/t19-/m0/s1. The van der Waals surface area contributed by atoms with Gasteiger partial charge < -0.3 is 10.1 Å². The summed E-state index contributed by atoms with van der Waals surface area (Å²) in [7, 11) is 0. The maximum absolute atomic E-state index is 12.7. The predicted octanol–water partition coefficient (Wildman–Crippen LogP) is 3.65. The summed E-state index contributed by atoms with van der Waals surface area (Å²) in [6.07, 6.45) is 2.05. The van der Waals surface area contributed by atoms with Crippen LogP contribution in [-0.4, -0.2) is 27.3 Å². The maximum Gasteiger partial charge on any atom is 0.329 e. The normalized spacial score (nSPS) is 12.0. The van der Waals surface area contributed by atoms with Crippen LogP contribution < -0.4 is 10.9 Å². The molecule has 1 amide bonds. The highest BCUT2D eigenvalue weighted by Crippen LogP contribution is 2.13. The Kier molecular flexibility index (Phi) is 7.22. The summed E-state index contributed by atoms with van der Waals surface area (Å²) in [4.78, 5) is 42.1. The fraction of sp³-hybridized carbons (Fsp3) is 0.304. The quantitative estimate of drug-likeness (QED) is 0.515. The van der Waals surface area contributed by atoms with Crippen molar-refractivity contribution in [1.29, 1.82) is 0 Å². The number of fused-ring (bicyclic) bond motifs is 1. The van der Waals surface area contributed by atoms with Crippen molar-refractivity contribution in [3.63, 3.8) is 0 Å². The van der Waals surface area contributed by atoms with Gasteiger partial charge in [0.05, 0.1) is 5.69 Å². The van der Waals surface area contributed by atoms with Crippen LogP contribution in [0.1, 0.15) is 41.9 Å². The molecule has 0 aliphatic heterocycles. The van der Waals surface area contributed by atoms with Crippen molar-refractivity contribution < 1.29 is 14.3 Å². The Balaban J connectivity index is 1.73. The van der Waals surface area contributed by atoms with Gasteiger partial charge >= 0.3 is 5.97 Å². The van der Waals surface area contributed by atoms with Crippen molar-refractivity contribution in [2.75, 3.05) is 0 Å². The van der Waals surface area contributed by atoms with Crippen molar-refractivity contribution in [3.8, 4) is 0 Å². The number of rotatable bonds is 7. The second-order valence-electron chi connectivity index (χ2n) is 7.74. The largest absolute Gasteiger partial charge is 0.458 e. The molecular weight excluding hydrogens is 462 g/mol. The molecule has 31 heavy (non-hydrogen) atoms. The molecule has 0 saturated carbocycles. The molecule has 0 spiro atoms. The molecule has 1 atom stereocenters. The molecule has 0 bridgehead atoms. The molecule has 1 N–H and O–H groups in total. The molecular formula is C23H24BrN3O4. The van der Waals surface area contributed by atoms with Gasteiger partial charge in [0.25, 0.3) is 11.5 Å². The van der Waals surface area contributed by atoms with Crippen molar-refractivity contribution in [3.05, 3.63) is 80.3 Å². The number of benzene rings is 1. The number of ether oxygens (including phenoxy) is 1.